The Kier molecular flexibility index (Phi) is 5.46. The lowest BCUT2D eigenvalue weighted by atomic mass is 9.88. The zero-order chi connectivity index (χ0) is 17.9. The molecule has 2 heterocycles. The summed E-state index contributed by atoms with van der Waals surface area (Å²) in [6, 6.07) is 6.95. The predicted octanol–water partition coefficient (Wildman–Crippen LogP) is 2.98. The Morgan fingerprint density at radius 1 is 1.28 bits per heavy atom. The van der Waals surface area contributed by atoms with Gasteiger partial charge in [0.05, 0.1) is 10.9 Å². The van der Waals surface area contributed by atoms with Gasteiger partial charge >= 0.3 is 0 Å². The van der Waals surface area contributed by atoms with Crippen LogP contribution in [0.25, 0.3) is 0 Å². The Balaban J connectivity index is 1.93. The highest BCUT2D eigenvalue weighted by atomic mass is 32.2. The molecule has 1 aliphatic rings. The Morgan fingerprint density at radius 2 is 2.04 bits per heavy atom. The number of nitrogens with one attached hydrogen (secondary N) is 1. The maximum atomic E-state index is 13.3. The van der Waals surface area contributed by atoms with E-state index in [1.54, 1.807) is 25.4 Å². The van der Waals surface area contributed by atoms with Crippen LogP contribution in [0.15, 0.2) is 47.6 Å². The van der Waals surface area contributed by atoms with Crippen molar-refractivity contribution in [1.82, 2.24) is 9.71 Å². The van der Waals surface area contributed by atoms with Crippen molar-refractivity contribution in [2.24, 2.45) is 5.92 Å². The average Bonchev–Trinajstić information content (AvgIpc) is 2.61. The summed E-state index contributed by atoms with van der Waals surface area (Å²) in [4.78, 5) is 4.21. The van der Waals surface area contributed by atoms with Crippen molar-refractivity contribution in [3.05, 3.63) is 59.7 Å². The first-order valence-electron chi connectivity index (χ1n) is 8.23. The summed E-state index contributed by atoms with van der Waals surface area (Å²) in [5.41, 5.74) is 1.20. The fourth-order valence-corrected chi connectivity index (χ4v) is 4.71. The summed E-state index contributed by atoms with van der Waals surface area (Å²) in [5, 5.41) is 0. The molecular formula is C18H21FN2O3S. The SMILES string of the molecule is Cc1cc(F)ccc1S(=O)(=O)N[C@H](c1cccnc1)C1CCOCC1. The van der Waals surface area contributed by atoms with E-state index < -0.39 is 21.9 Å². The maximum absolute atomic E-state index is 13.3. The van der Waals surface area contributed by atoms with Gasteiger partial charge in [0.15, 0.2) is 0 Å². The Labute approximate surface area is 147 Å². The third-order valence-corrected chi connectivity index (χ3v) is 6.09. The number of pyridine rings is 1. The lowest BCUT2D eigenvalue weighted by Gasteiger charge is -2.31. The van der Waals surface area contributed by atoms with Crippen molar-refractivity contribution in [2.75, 3.05) is 13.2 Å². The van der Waals surface area contributed by atoms with Gasteiger partial charge in [-0.2, -0.15) is 0 Å². The average molecular weight is 364 g/mol. The van der Waals surface area contributed by atoms with Crippen LogP contribution in [0.5, 0.6) is 0 Å². The molecule has 1 aromatic carbocycles. The monoisotopic (exact) mass is 364 g/mol. The second-order valence-corrected chi connectivity index (χ2v) is 7.93. The molecule has 1 fully saturated rings. The van der Waals surface area contributed by atoms with E-state index in [1.165, 1.54) is 12.1 Å². The van der Waals surface area contributed by atoms with E-state index >= 15 is 0 Å². The highest BCUT2D eigenvalue weighted by Crippen LogP contribution is 2.31. The van der Waals surface area contributed by atoms with Crippen molar-refractivity contribution < 1.29 is 17.5 Å². The lowest BCUT2D eigenvalue weighted by Crippen LogP contribution is -2.36. The fourth-order valence-electron chi connectivity index (χ4n) is 3.19. The minimum atomic E-state index is -3.79. The van der Waals surface area contributed by atoms with Gasteiger partial charge in [-0.05, 0) is 61.1 Å². The minimum Gasteiger partial charge on any atom is -0.381 e. The number of hydrogen-bond acceptors (Lipinski definition) is 4. The van der Waals surface area contributed by atoms with E-state index in [0.29, 0.717) is 18.8 Å². The molecule has 134 valence electrons. The van der Waals surface area contributed by atoms with E-state index in [9.17, 15) is 12.8 Å². The minimum absolute atomic E-state index is 0.0925. The molecule has 5 nitrogen and oxygen atoms in total. The maximum Gasteiger partial charge on any atom is 0.241 e. The van der Waals surface area contributed by atoms with Gasteiger partial charge in [-0.25, -0.2) is 17.5 Å². The number of nitrogens with zero attached hydrogens (tertiary/aromatic N) is 1. The Bertz CT molecular complexity index is 821. The highest BCUT2D eigenvalue weighted by Gasteiger charge is 2.30. The third kappa shape index (κ3) is 4.23. The standard InChI is InChI=1S/C18H21FN2O3S/c1-13-11-16(19)4-5-17(13)25(22,23)21-18(14-6-9-24-10-7-14)15-3-2-8-20-12-15/h2-5,8,11-12,14,18,21H,6-7,9-10H2,1H3/t18-/m0/s1. The van der Waals surface area contributed by atoms with E-state index in [1.807, 2.05) is 6.07 Å². The van der Waals surface area contributed by atoms with Crippen LogP contribution in [0.3, 0.4) is 0 Å². The van der Waals surface area contributed by atoms with Crippen LogP contribution in [0.4, 0.5) is 4.39 Å². The smallest absolute Gasteiger partial charge is 0.241 e. The number of sulfonamides is 1. The molecule has 1 aromatic heterocycles. The first-order chi connectivity index (χ1) is 12.0. The van der Waals surface area contributed by atoms with Gasteiger partial charge in [0.1, 0.15) is 5.82 Å². The molecule has 0 bridgehead atoms. The summed E-state index contributed by atoms with van der Waals surface area (Å²) < 4.78 is 47.3. The predicted molar refractivity (Wildman–Crippen MR) is 92.0 cm³/mol. The highest BCUT2D eigenvalue weighted by molar-refractivity contribution is 7.89. The Hall–Kier alpha value is -1.83. The molecule has 1 aliphatic heterocycles. The zero-order valence-corrected chi connectivity index (χ0v) is 14.8. The zero-order valence-electron chi connectivity index (χ0n) is 14.0. The van der Waals surface area contributed by atoms with Crippen molar-refractivity contribution in [3.8, 4) is 0 Å². The van der Waals surface area contributed by atoms with Gasteiger partial charge in [-0.3, -0.25) is 4.98 Å². The number of hydrogen-bond donors (Lipinski definition) is 1. The van der Waals surface area contributed by atoms with E-state index in [0.717, 1.165) is 24.5 Å². The van der Waals surface area contributed by atoms with Crippen molar-refractivity contribution in [2.45, 2.75) is 30.7 Å². The molecule has 1 N–H and O–H groups in total. The van der Waals surface area contributed by atoms with Crippen LogP contribution in [-0.2, 0) is 14.8 Å². The molecule has 1 atom stereocenters. The molecule has 0 saturated carbocycles. The molecule has 0 amide bonds. The van der Waals surface area contributed by atoms with Crippen LogP contribution in [0.1, 0.15) is 30.0 Å². The number of aryl methyl sites for hydroxylation is 1. The van der Waals surface area contributed by atoms with Crippen LogP contribution in [-0.4, -0.2) is 26.6 Å². The van der Waals surface area contributed by atoms with Crippen LogP contribution in [0.2, 0.25) is 0 Å². The van der Waals surface area contributed by atoms with Gasteiger partial charge in [0.25, 0.3) is 0 Å². The van der Waals surface area contributed by atoms with Crippen molar-refractivity contribution >= 4 is 10.0 Å². The molecular weight excluding hydrogens is 343 g/mol. The van der Waals surface area contributed by atoms with Gasteiger partial charge in [-0.1, -0.05) is 6.07 Å². The summed E-state index contributed by atoms with van der Waals surface area (Å²) in [5.74, 6) is -0.335. The van der Waals surface area contributed by atoms with Crippen molar-refractivity contribution in [3.63, 3.8) is 0 Å². The van der Waals surface area contributed by atoms with Crippen LogP contribution in [0, 0.1) is 18.7 Å². The molecule has 2 aromatic rings. The number of rotatable bonds is 5. The largest absolute Gasteiger partial charge is 0.381 e. The second kappa shape index (κ2) is 7.59. The summed E-state index contributed by atoms with van der Waals surface area (Å²) >= 11 is 0. The molecule has 3 rings (SSSR count). The van der Waals surface area contributed by atoms with Gasteiger partial charge in [0.2, 0.25) is 10.0 Å². The van der Waals surface area contributed by atoms with Crippen molar-refractivity contribution in [1.29, 1.82) is 0 Å². The molecule has 0 spiro atoms. The number of aromatic nitrogens is 1. The topological polar surface area (TPSA) is 68.3 Å². The molecule has 0 radical (unpaired) electrons. The molecule has 7 heteroatoms. The molecule has 1 saturated heterocycles. The third-order valence-electron chi connectivity index (χ3n) is 4.49. The summed E-state index contributed by atoms with van der Waals surface area (Å²) in [7, 11) is -3.79. The summed E-state index contributed by atoms with van der Waals surface area (Å²) in [6.45, 7) is 2.81. The molecule has 0 unspecified atom stereocenters. The van der Waals surface area contributed by atoms with Gasteiger partial charge in [-0.15, -0.1) is 0 Å². The van der Waals surface area contributed by atoms with Crippen LogP contribution < -0.4 is 4.72 Å². The van der Waals surface area contributed by atoms with E-state index in [-0.39, 0.29) is 10.8 Å². The number of ether oxygens (including phenoxy) is 1. The van der Waals surface area contributed by atoms with Gasteiger partial charge < -0.3 is 4.74 Å². The lowest BCUT2D eigenvalue weighted by molar-refractivity contribution is 0.0564. The summed E-state index contributed by atoms with van der Waals surface area (Å²) in [6.07, 6.45) is 4.87. The second-order valence-electron chi connectivity index (χ2n) is 6.24. The first-order valence-corrected chi connectivity index (χ1v) is 9.72. The Morgan fingerprint density at radius 3 is 2.68 bits per heavy atom. The number of halogens is 1. The van der Waals surface area contributed by atoms with Gasteiger partial charge in [0, 0.05) is 25.6 Å². The van der Waals surface area contributed by atoms with E-state index in [4.69, 9.17) is 4.74 Å². The fraction of sp³-hybridized carbons (Fsp3) is 0.389. The van der Waals surface area contributed by atoms with Crippen LogP contribution >= 0.6 is 0 Å². The first kappa shape index (κ1) is 18.0. The normalized spacial score (nSPS) is 17.4. The quantitative estimate of drug-likeness (QED) is 0.886. The number of benzene rings is 1. The van der Waals surface area contributed by atoms with E-state index in [2.05, 4.69) is 9.71 Å². The molecule has 0 aliphatic carbocycles. The molecule has 25 heavy (non-hydrogen) atoms.